The molecule has 0 saturated heterocycles. The third kappa shape index (κ3) is 1.40. The number of hydrogen-bond acceptors (Lipinski definition) is 1. The molecule has 12 heavy (non-hydrogen) atoms. The van der Waals surface area contributed by atoms with Crippen molar-refractivity contribution < 1.29 is 4.74 Å². The number of ether oxygens (including phenoxy) is 1. The van der Waals surface area contributed by atoms with E-state index in [0.29, 0.717) is 0 Å². The molecule has 1 aliphatic rings. The summed E-state index contributed by atoms with van der Waals surface area (Å²) in [5.74, 6) is 1.03. The first kappa shape index (κ1) is 8.57. The van der Waals surface area contributed by atoms with E-state index in [0.717, 1.165) is 28.6 Å². The Labute approximate surface area is 88.4 Å². The molecule has 64 valence electrons. The molecule has 0 radical (unpaired) electrons. The van der Waals surface area contributed by atoms with Crippen LogP contribution in [0.15, 0.2) is 16.6 Å². The molecule has 1 heterocycles. The molecule has 0 fully saturated rings. The molecule has 0 saturated carbocycles. The minimum Gasteiger partial charge on any atom is -0.493 e. The van der Waals surface area contributed by atoms with Crippen molar-refractivity contribution in [3.05, 3.63) is 27.7 Å². The van der Waals surface area contributed by atoms with Crippen molar-refractivity contribution in [3.8, 4) is 5.75 Å². The number of alkyl halides is 1. The second kappa shape index (κ2) is 3.38. The average molecular weight is 292 g/mol. The molecular formula is C9H8Br2O. The summed E-state index contributed by atoms with van der Waals surface area (Å²) in [7, 11) is 0. The van der Waals surface area contributed by atoms with Crippen molar-refractivity contribution in [2.45, 2.75) is 11.8 Å². The Hall–Kier alpha value is -0.0200. The second-order valence-corrected chi connectivity index (χ2v) is 4.20. The van der Waals surface area contributed by atoms with Crippen LogP contribution in [0.25, 0.3) is 0 Å². The van der Waals surface area contributed by atoms with Crippen LogP contribution in [0.4, 0.5) is 0 Å². The SMILES string of the molecule is BrCc1cc2c(cc1Br)OCC2. The van der Waals surface area contributed by atoms with Gasteiger partial charge < -0.3 is 4.74 Å². The quantitative estimate of drug-likeness (QED) is 0.722. The van der Waals surface area contributed by atoms with Crippen LogP contribution in [0.2, 0.25) is 0 Å². The highest BCUT2D eigenvalue weighted by Gasteiger charge is 2.13. The molecule has 0 unspecified atom stereocenters. The molecule has 1 nitrogen and oxygen atoms in total. The molecule has 0 atom stereocenters. The Morgan fingerprint density at radius 2 is 2.25 bits per heavy atom. The number of benzene rings is 1. The highest BCUT2D eigenvalue weighted by atomic mass is 79.9. The van der Waals surface area contributed by atoms with Gasteiger partial charge in [-0.3, -0.25) is 0 Å². The number of rotatable bonds is 1. The first-order valence-corrected chi connectivity index (χ1v) is 5.73. The molecule has 1 aliphatic heterocycles. The van der Waals surface area contributed by atoms with E-state index < -0.39 is 0 Å². The van der Waals surface area contributed by atoms with Gasteiger partial charge in [0.05, 0.1) is 6.61 Å². The first-order valence-electron chi connectivity index (χ1n) is 3.81. The number of hydrogen-bond donors (Lipinski definition) is 0. The molecule has 0 N–H and O–H groups in total. The Bertz CT molecular complexity index is 309. The fourth-order valence-corrected chi connectivity index (χ4v) is 2.66. The molecule has 1 aromatic carbocycles. The van der Waals surface area contributed by atoms with Crippen LogP contribution in [-0.2, 0) is 11.8 Å². The Morgan fingerprint density at radius 3 is 3.00 bits per heavy atom. The summed E-state index contributed by atoms with van der Waals surface area (Å²) in [6, 6.07) is 4.25. The standard InChI is InChI=1S/C9H8Br2O/c10-5-7-3-6-1-2-12-9(6)4-8(7)11/h3-4H,1-2,5H2. The lowest BCUT2D eigenvalue weighted by Gasteiger charge is -2.03. The maximum Gasteiger partial charge on any atom is 0.123 e. The largest absolute Gasteiger partial charge is 0.493 e. The van der Waals surface area contributed by atoms with Gasteiger partial charge in [-0.1, -0.05) is 37.9 Å². The predicted octanol–water partition coefficient (Wildman–Crippen LogP) is 3.28. The number of fused-ring (bicyclic) bond motifs is 1. The minimum absolute atomic E-state index is 0.827. The molecule has 0 bridgehead atoms. The van der Waals surface area contributed by atoms with Crippen LogP contribution in [0.1, 0.15) is 11.1 Å². The van der Waals surface area contributed by atoms with Gasteiger partial charge in [0.25, 0.3) is 0 Å². The van der Waals surface area contributed by atoms with Crippen LogP contribution < -0.4 is 4.74 Å². The third-order valence-corrected chi connectivity index (χ3v) is 3.34. The Kier molecular flexibility index (Phi) is 2.42. The summed E-state index contributed by atoms with van der Waals surface area (Å²) < 4.78 is 6.56. The summed E-state index contributed by atoms with van der Waals surface area (Å²) in [6.45, 7) is 0.827. The van der Waals surface area contributed by atoms with Crippen LogP contribution >= 0.6 is 31.9 Å². The lowest BCUT2D eigenvalue weighted by Crippen LogP contribution is -1.86. The number of halogens is 2. The molecule has 0 spiro atoms. The topological polar surface area (TPSA) is 9.23 Å². The summed E-state index contributed by atoms with van der Waals surface area (Å²) in [6.07, 6.45) is 1.04. The van der Waals surface area contributed by atoms with E-state index in [1.807, 2.05) is 0 Å². The highest BCUT2D eigenvalue weighted by Crippen LogP contribution is 2.32. The maximum absolute atomic E-state index is 5.43. The van der Waals surface area contributed by atoms with Gasteiger partial charge in [0.2, 0.25) is 0 Å². The van der Waals surface area contributed by atoms with Gasteiger partial charge in [-0.2, -0.15) is 0 Å². The molecule has 0 amide bonds. The van der Waals surface area contributed by atoms with Crippen LogP contribution in [0.3, 0.4) is 0 Å². The Balaban J connectivity index is 2.49. The van der Waals surface area contributed by atoms with Gasteiger partial charge in [-0.15, -0.1) is 0 Å². The first-order chi connectivity index (χ1) is 5.81. The van der Waals surface area contributed by atoms with Gasteiger partial charge in [0.15, 0.2) is 0 Å². The van der Waals surface area contributed by atoms with E-state index in [2.05, 4.69) is 44.0 Å². The van der Waals surface area contributed by atoms with Gasteiger partial charge in [-0.05, 0) is 17.2 Å². The molecule has 2 rings (SSSR count). The highest BCUT2D eigenvalue weighted by molar-refractivity contribution is 9.10. The third-order valence-electron chi connectivity index (χ3n) is 2.00. The zero-order valence-electron chi connectivity index (χ0n) is 6.44. The molecule has 3 heteroatoms. The summed E-state index contributed by atoms with van der Waals surface area (Å²) in [5, 5.41) is 0.890. The van der Waals surface area contributed by atoms with Crippen molar-refractivity contribution in [3.63, 3.8) is 0 Å². The lowest BCUT2D eigenvalue weighted by atomic mass is 10.1. The minimum atomic E-state index is 0.827. The molecule has 0 aromatic heterocycles. The van der Waals surface area contributed by atoms with Gasteiger partial charge in [0.1, 0.15) is 5.75 Å². The van der Waals surface area contributed by atoms with Crippen LogP contribution in [0.5, 0.6) is 5.75 Å². The Morgan fingerprint density at radius 1 is 1.42 bits per heavy atom. The fraction of sp³-hybridized carbons (Fsp3) is 0.333. The van der Waals surface area contributed by atoms with Gasteiger partial charge in [0, 0.05) is 16.2 Å². The zero-order valence-corrected chi connectivity index (χ0v) is 9.61. The van der Waals surface area contributed by atoms with Crippen molar-refractivity contribution >= 4 is 31.9 Å². The van der Waals surface area contributed by atoms with E-state index in [9.17, 15) is 0 Å². The van der Waals surface area contributed by atoms with Gasteiger partial charge in [-0.25, -0.2) is 0 Å². The van der Waals surface area contributed by atoms with E-state index >= 15 is 0 Å². The monoisotopic (exact) mass is 290 g/mol. The smallest absolute Gasteiger partial charge is 0.123 e. The normalized spacial score (nSPS) is 14.2. The molecular weight excluding hydrogens is 284 g/mol. The van der Waals surface area contributed by atoms with Crippen molar-refractivity contribution in [2.24, 2.45) is 0 Å². The zero-order chi connectivity index (χ0) is 8.55. The van der Waals surface area contributed by atoms with Crippen molar-refractivity contribution in [1.82, 2.24) is 0 Å². The fourth-order valence-electron chi connectivity index (χ4n) is 1.35. The summed E-state index contributed by atoms with van der Waals surface area (Å²) in [4.78, 5) is 0. The summed E-state index contributed by atoms with van der Waals surface area (Å²) >= 11 is 6.95. The second-order valence-electron chi connectivity index (χ2n) is 2.78. The van der Waals surface area contributed by atoms with E-state index in [-0.39, 0.29) is 0 Å². The van der Waals surface area contributed by atoms with E-state index in [4.69, 9.17) is 4.74 Å². The van der Waals surface area contributed by atoms with Crippen LogP contribution in [0, 0.1) is 0 Å². The lowest BCUT2D eigenvalue weighted by molar-refractivity contribution is 0.356. The summed E-state index contributed by atoms with van der Waals surface area (Å²) in [5.41, 5.74) is 2.62. The van der Waals surface area contributed by atoms with E-state index in [1.54, 1.807) is 0 Å². The van der Waals surface area contributed by atoms with Crippen LogP contribution in [-0.4, -0.2) is 6.61 Å². The van der Waals surface area contributed by atoms with Crippen molar-refractivity contribution in [2.75, 3.05) is 6.61 Å². The van der Waals surface area contributed by atoms with Crippen molar-refractivity contribution in [1.29, 1.82) is 0 Å². The molecule has 0 aliphatic carbocycles. The average Bonchev–Trinajstić information content (AvgIpc) is 2.49. The van der Waals surface area contributed by atoms with Gasteiger partial charge >= 0.3 is 0 Å². The predicted molar refractivity (Wildman–Crippen MR) is 56.0 cm³/mol. The molecule has 1 aromatic rings. The van der Waals surface area contributed by atoms with E-state index in [1.165, 1.54) is 11.1 Å². The maximum atomic E-state index is 5.43.